The molecule has 0 aromatic heterocycles. The van der Waals surface area contributed by atoms with Crippen molar-refractivity contribution in [3.63, 3.8) is 0 Å². The molecule has 3 nitrogen and oxygen atoms in total. The van der Waals surface area contributed by atoms with Crippen molar-refractivity contribution in [2.75, 3.05) is 19.6 Å². The minimum absolute atomic E-state index is 0.573. The van der Waals surface area contributed by atoms with E-state index < -0.39 is 0 Å². The van der Waals surface area contributed by atoms with Crippen LogP contribution in [0.15, 0.2) is 12.1 Å². The first-order valence-corrected chi connectivity index (χ1v) is 13.6. The van der Waals surface area contributed by atoms with Gasteiger partial charge in [-0.05, 0) is 125 Å². The summed E-state index contributed by atoms with van der Waals surface area (Å²) in [6.45, 7) is 31.1. The average molecular weight is 459 g/mol. The van der Waals surface area contributed by atoms with Gasteiger partial charge >= 0.3 is 0 Å². The Morgan fingerprint density at radius 1 is 0.485 bits per heavy atom. The molecule has 0 amide bonds. The van der Waals surface area contributed by atoms with Crippen LogP contribution in [0.4, 0.5) is 0 Å². The van der Waals surface area contributed by atoms with Crippen LogP contribution in [0.25, 0.3) is 0 Å². The molecule has 33 heavy (non-hydrogen) atoms. The monoisotopic (exact) mass is 458 g/mol. The van der Waals surface area contributed by atoms with E-state index in [0.29, 0.717) is 36.3 Å². The van der Waals surface area contributed by atoms with E-state index in [1.165, 1.54) is 16.7 Å². The van der Waals surface area contributed by atoms with Gasteiger partial charge in [0.1, 0.15) is 0 Å². The molecule has 0 aliphatic carbocycles. The first-order valence-electron chi connectivity index (χ1n) is 13.6. The van der Waals surface area contributed by atoms with Gasteiger partial charge in [-0.25, -0.2) is 0 Å². The van der Waals surface area contributed by atoms with Crippen molar-refractivity contribution < 1.29 is 0 Å². The standard InChI is InChI=1S/C30H56N3/c1-22(2)31(23(3)4)16-13-28-19-29(14-17-32(24(5)6)25(7)8)21-30(20-28)15-18-33(26(9)10)27(11)12/h19-20,22-27H,13-18H2,1-12H3. The third-order valence-corrected chi connectivity index (χ3v) is 6.96. The van der Waals surface area contributed by atoms with Crippen LogP contribution in [0.2, 0.25) is 0 Å². The Balaban J connectivity index is 3.08. The van der Waals surface area contributed by atoms with Crippen molar-refractivity contribution in [2.24, 2.45) is 0 Å². The van der Waals surface area contributed by atoms with Gasteiger partial charge in [-0.2, -0.15) is 0 Å². The minimum atomic E-state index is 0.573. The van der Waals surface area contributed by atoms with Gasteiger partial charge in [0.2, 0.25) is 0 Å². The fourth-order valence-electron chi connectivity index (χ4n) is 5.28. The van der Waals surface area contributed by atoms with Gasteiger partial charge < -0.3 is 0 Å². The van der Waals surface area contributed by atoms with E-state index in [-0.39, 0.29) is 0 Å². The fraction of sp³-hybridized carbons (Fsp3) is 0.800. The molecule has 3 heteroatoms. The molecule has 0 saturated heterocycles. The van der Waals surface area contributed by atoms with Gasteiger partial charge in [-0.3, -0.25) is 14.7 Å². The fourth-order valence-corrected chi connectivity index (χ4v) is 5.28. The molecule has 0 N–H and O–H groups in total. The lowest BCUT2D eigenvalue weighted by Crippen LogP contribution is -2.39. The Morgan fingerprint density at radius 2 is 0.758 bits per heavy atom. The molecule has 1 rings (SSSR count). The smallest absolute Gasteiger partial charge is 0.00414 e. The van der Waals surface area contributed by atoms with Gasteiger partial charge in [0.05, 0.1) is 0 Å². The van der Waals surface area contributed by atoms with E-state index in [9.17, 15) is 0 Å². The Labute approximate surface area is 207 Å². The summed E-state index contributed by atoms with van der Waals surface area (Å²) in [5.74, 6) is 0. The SMILES string of the molecule is CC(C)N(CCc1[c]c(CCN(C(C)C)C(C)C)cc(CCN(C(C)C)C(C)C)c1)C(C)C. The highest BCUT2D eigenvalue weighted by Gasteiger charge is 2.17. The van der Waals surface area contributed by atoms with Crippen LogP contribution in [0.5, 0.6) is 0 Å². The molecule has 191 valence electrons. The molecular weight excluding hydrogens is 402 g/mol. The maximum Gasteiger partial charge on any atom is 0.00414 e. The van der Waals surface area contributed by atoms with Gasteiger partial charge in [0.15, 0.2) is 0 Å². The molecule has 0 fully saturated rings. The molecular formula is C30H56N3. The van der Waals surface area contributed by atoms with Crippen molar-refractivity contribution in [3.05, 3.63) is 34.9 Å². The van der Waals surface area contributed by atoms with Crippen LogP contribution in [-0.2, 0) is 19.3 Å². The van der Waals surface area contributed by atoms with Crippen LogP contribution < -0.4 is 0 Å². The Hall–Kier alpha value is -0.900. The second-order valence-corrected chi connectivity index (χ2v) is 11.6. The first-order chi connectivity index (χ1) is 15.3. The quantitative estimate of drug-likeness (QED) is 0.298. The molecule has 0 aliphatic rings. The summed E-state index contributed by atoms with van der Waals surface area (Å²) < 4.78 is 0. The zero-order chi connectivity index (χ0) is 25.3. The summed E-state index contributed by atoms with van der Waals surface area (Å²) in [6, 6.07) is 12.1. The number of nitrogens with zero attached hydrogens (tertiary/aromatic N) is 3. The molecule has 0 heterocycles. The molecule has 0 unspecified atom stereocenters. The van der Waals surface area contributed by atoms with E-state index >= 15 is 0 Å². The van der Waals surface area contributed by atoms with Crippen LogP contribution >= 0.6 is 0 Å². The lowest BCUT2D eigenvalue weighted by molar-refractivity contribution is 0.176. The number of benzene rings is 1. The Morgan fingerprint density at radius 3 is 1.03 bits per heavy atom. The predicted octanol–water partition coefficient (Wildman–Crippen LogP) is 6.47. The summed E-state index contributed by atoms with van der Waals surface area (Å²) >= 11 is 0. The molecule has 0 bridgehead atoms. The number of hydrogen-bond donors (Lipinski definition) is 0. The lowest BCUT2D eigenvalue weighted by atomic mass is 9.98. The molecule has 1 aromatic rings. The van der Waals surface area contributed by atoms with Crippen LogP contribution in [0, 0.1) is 6.07 Å². The maximum absolute atomic E-state index is 3.82. The second-order valence-electron chi connectivity index (χ2n) is 11.6. The van der Waals surface area contributed by atoms with E-state index in [1.807, 2.05) is 0 Å². The zero-order valence-corrected chi connectivity index (χ0v) is 24.2. The summed E-state index contributed by atoms with van der Waals surface area (Å²) in [5.41, 5.74) is 4.25. The number of rotatable bonds is 15. The number of hydrogen-bond acceptors (Lipinski definition) is 3. The van der Waals surface area contributed by atoms with Crippen molar-refractivity contribution in [1.82, 2.24) is 14.7 Å². The van der Waals surface area contributed by atoms with Crippen molar-refractivity contribution in [3.8, 4) is 0 Å². The van der Waals surface area contributed by atoms with E-state index in [4.69, 9.17) is 0 Å². The Kier molecular flexibility index (Phi) is 13.2. The van der Waals surface area contributed by atoms with Gasteiger partial charge in [-0.15, -0.1) is 0 Å². The van der Waals surface area contributed by atoms with Crippen LogP contribution in [0.3, 0.4) is 0 Å². The minimum Gasteiger partial charge on any atom is -0.298 e. The molecule has 0 saturated carbocycles. The van der Waals surface area contributed by atoms with Gasteiger partial charge in [-0.1, -0.05) is 12.1 Å². The zero-order valence-electron chi connectivity index (χ0n) is 24.2. The highest BCUT2D eigenvalue weighted by Crippen LogP contribution is 2.17. The van der Waals surface area contributed by atoms with E-state index in [2.05, 4.69) is 116 Å². The summed E-state index contributed by atoms with van der Waals surface area (Å²) in [6.07, 6.45) is 3.27. The Bertz CT molecular complexity index is 534. The van der Waals surface area contributed by atoms with Crippen molar-refractivity contribution >= 4 is 0 Å². The van der Waals surface area contributed by atoms with Crippen molar-refractivity contribution in [1.29, 1.82) is 0 Å². The van der Waals surface area contributed by atoms with Crippen LogP contribution in [0.1, 0.15) is 99.8 Å². The summed E-state index contributed by atoms with van der Waals surface area (Å²) in [4.78, 5) is 7.80. The second kappa shape index (κ2) is 14.5. The van der Waals surface area contributed by atoms with Gasteiger partial charge in [0.25, 0.3) is 0 Å². The first kappa shape index (κ1) is 30.1. The predicted molar refractivity (Wildman–Crippen MR) is 147 cm³/mol. The molecule has 0 aliphatic heterocycles. The largest absolute Gasteiger partial charge is 0.298 e. The normalized spacial score (nSPS) is 13.0. The molecule has 1 aromatic carbocycles. The third kappa shape index (κ3) is 10.5. The van der Waals surface area contributed by atoms with Gasteiger partial charge in [0, 0.05) is 55.9 Å². The highest BCUT2D eigenvalue weighted by molar-refractivity contribution is 5.30. The highest BCUT2D eigenvalue weighted by atomic mass is 15.2. The average Bonchev–Trinajstić information content (AvgIpc) is 2.66. The third-order valence-electron chi connectivity index (χ3n) is 6.96. The lowest BCUT2D eigenvalue weighted by Gasteiger charge is -2.31. The van der Waals surface area contributed by atoms with E-state index in [0.717, 1.165) is 38.9 Å². The molecule has 1 radical (unpaired) electrons. The van der Waals surface area contributed by atoms with Crippen LogP contribution in [-0.4, -0.2) is 70.6 Å². The van der Waals surface area contributed by atoms with Crippen molar-refractivity contribution in [2.45, 2.75) is 139 Å². The topological polar surface area (TPSA) is 9.72 Å². The summed E-state index contributed by atoms with van der Waals surface area (Å²) in [5, 5.41) is 0. The molecule has 0 spiro atoms. The summed E-state index contributed by atoms with van der Waals surface area (Å²) in [7, 11) is 0. The molecule has 0 atom stereocenters. The van der Waals surface area contributed by atoms with E-state index in [1.54, 1.807) is 0 Å². The maximum atomic E-state index is 3.82.